The third-order valence-electron chi connectivity index (χ3n) is 4.06. The number of carbonyl (C=O) groups excluding carboxylic acids is 1. The lowest BCUT2D eigenvalue weighted by molar-refractivity contribution is 0.0950. The Bertz CT molecular complexity index is 757. The van der Waals surface area contributed by atoms with Gasteiger partial charge in [0.2, 0.25) is 6.79 Å². The summed E-state index contributed by atoms with van der Waals surface area (Å²) in [7, 11) is 0. The first-order valence-corrected chi connectivity index (χ1v) is 7.72. The summed E-state index contributed by atoms with van der Waals surface area (Å²) >= 11 is 0. The van der Waals surface area contributed by atoms with Gasteiger partial charge >= 0.3 is 0 Å². The van der Waals surface area contributed by atoms with Crippen LogP contribution in [0.25, 0.3) is 0 Å². The number of benzene rings is 2. The average molecular weight is 311 g/mol. The normalized spacial score (nSPS) is 14.8. The van der Waals surface area contributed by atoms with Gasteiger partial charge in [-0.05, 0) is 54.3 Å². The van der Waals surface area contributed by atoms with Gasteiger partial charge in [0.1, 0.15) is 5.75 Å². The lowest BCUT2D eigenvalue weighted by Crippen LogP contribution is -2.23. The van der Waals surface area contributed by atoms with Crippen molar-refractivity contribution in [2.24, 2.45) is 0 Å². The molecule has 2 heterocycles. The lowest BCUT2D eigenvalue weighted by Gasteiger charge is -2.17. The van der Waals surface area contributed by atoms with Crippen molar-refractivity contribution in [2.75, 3.05) is 13.4 Å². The molecule has 0 saturated carbocycles. The Morgan fingerprint density at radius 3 is 2.83 bits per heavy atom. The van der Waals surface area contributed by atoms with E-state index in [1.807, 2.05) is 30.3 Å². The first kappa shape index (κ1) is 13.9. The maximum atomic E-state index is 12.3. The van der Waals surface area contributed by atoms with Crippen molar-refractivity contribution in [3.05, 3.63) is 53.1 Å². The molecule has 1 N–H and O–H groups in total. The number of fused-ring (bicyclic) bond motifs is 2. The van der Waals surface area contributed by atoms with E-state index in [1.165, 1.54) is 0 Å². The van der Waals surface area contributed by atoms with Crippen LogP contribution in [-0.2, 0) is 13.0 Å². The topological polar surface area (TPSA) is 56.8 Å². The molecule has 0 aromatic heterocycles. The molecule has 0 unspecified atom stereocenters. The zero-order valence-electron chi connectivity index (χ0n) is 12.6. The Hall–Kier alpha value is -2.69. The molecular weight excluding hydrogens is 294 g/mol. The summed E-state index contributed by atoms with van der Waals surface area (Å²) in [5, 5.41) is 2.94. The van der Waals surface area contributed by atoms with E-state index < -0.39 is 0 Å². The molecule has 0 fully saturated rings. The van der Waals surface area contributed by atoms with Crippen molar-refractivity contribution in [1.29, 1.82) is 0 Å². The van der Waals surface area contributed by atoms with Gasteiger partial charge in [-0.25, -0.2) is 0 Å². The Balaban J connectivity index is 1.44. The number of amides is 1. The number of rotatable bonds is 3. The molecule has 0 bridgehead atoms. The van der Waals surface area contributed by atoms with Gasteiger partial charge in [0.05, 0.1) is 6.61 Å². The van der Waals surface area contributed by atoms with E-state index in [4.69, 9.17) is 14.2 Å². The highest BCUT2D eigenvalue weighted by Crippen LogP contribution is 2.32. The highest BCUT2D eigenvalue weighted by atomic mass is 16.7. The van der Waals surface area contributed by atoms with E-state index in [0.29, 0.717) is 12.1 Å². The van der Waals surface area contributed by atoms with E-state index in [-0.39, 0.29) is 12.7 Å². The van der Waals surface area contributed by atoms with Crippen LogP contribution in [0.1, 0.15) is 27.9 Å². The summed E-state index contributed by atoms with van der Waals surface area (Å²) in [6.07, 6.45) is 1.95. The van der Waals surface area contributed by atoms with Crippen molar-refractivity contribution in [3.8, 4) is 17.2 Å². The van der Waals surface area contributed by atoms with Crippen LogP contribution < -0.4 is 19.5 Å². The van der Waals surface area contributed by atoms with E-state index >= 15 is 0 Å². The number of ether oxygens (including phenoxy) is 3. The summed E-state index contributed by atoms with van der Waals surface area (Å²) < 4.78 is 16.2. The van der Waals surface area contributed by atoms with Crippen molar-refractivity contribution in [3.63, 3.8) is 0 Å². The Kier molecular flexibility index (Phi) is 3.54. The highest BCUT2D eigenvalue weighted by Gasteiger charge is 2.15. The number of aryl methyl sites for hydroxylation is 1. The van der Waals surface area contributed by atoms with Crippen LogP contribution >= 0.6 is 0 Å². The Morgan fingerprint density at radius 2 is 1.87 bits per heavy atom. The van der Waals surface area contributed by atoms with Crippen molar-refractivity contribution >= 4 is 5.91 Å². The number of hydrogen-bond donors (Lipinski definition) is 1. The molecular formula is C18H17NO4. The fraction of sp³-hybridized carbons (Fsp3) is 0.278. The predicted octanol–water partition coefficient (Wildman–Crippen LogP) is 2.67. The van der Waals surface area contributed by atoms with E-state index in [2.05, 4.69) is 5.32 Å². The maximum absolute atomic E-state index is 12.3. The minimum Gasteiger partial charge on any atom is -0.493 e. The van der Waals surface area contributed by atoms with Crippen molar-refractivity contribution in [2.45, 2.75) is 19.4 Å². The molecule has 2 aromatic carbocycles. The highest BCUT2D eigenvalue weighted by molar-refractivity contribution is 5.94. The molecule has 2 aromatic rings. The van der Waals surface area contributed by atoms with Gasteiger partial charge in [0, 0.05) is 12.1 Å². The van der Waals surface area contributed by atoms with Gasteiger partial charge in [0.25, 0.3) is 5.91 Å². The van der Waals surface area contributed by atoms with Crippen molar-refractivity contribution in [1.82, 2.24) is 5.32 Å². The smallest absolute Gasteiger partial charge is 0.251 e. The third-order valence-corrected chi connectivity index (χ3v) is 4.06. The SMILES string of the molecule is O=C(NCc1ccc2c(c1)OCO2)c1ccc2c(c1)CCCO2. The van der Waals surface area contributed by atoms with Crippen LogP contribution in [0.5, 0.6) is 17.2 Å². The number of nitrogens with one attached hydrogen (secondary N) is 1. The molecule has 0 atom stereocenters. The molecule has 2 aliphatic rings. The third kappa shape index (κ3) is 2.82. The summed E-state index contributed by atoms with van der Waals surface area (Å²) in [6, 6.07) is 11.3. The standard InChI is InChI=1S/C18H17NO4/c20-18(14-4-6-15-13(9-14)2-1-7-21-15)19-10-12-3-5-16-17(8-12)23-11-22-16/h3-6,8-9H,1-2,7,10-11H2,(H,19,20). The van der Waals surface area contributed by atoms with Gasteiger partial charge in [-0.3, -0.25) is 4.79 Å². The van der Waals surface area contributed by atoms with Crippen LogP contribution in [0.2, 0.25) is 0 Å². The van der Waals surface area contributed by atoms with E-state index in [0.717, 1.165) is 47.8 Å². The van der Waals surface area contributed by atoms with Crippen LogP contribution in [0, 0.1) is 0 Å². The summed E-state index contributed by atoms with van der Waals surface area (Å²) in [5.74, 6) is 2.28. The molecule has 0 saturated heterocycles. The zero-order chi connectivity index (χ0) is 15.6. The van der Waals surface area contributed by atoms with E-state index in [9.17, 15) is 4.79 Å². The second-order valence-electron chi connectivity index (χ2n) is 5.64. The first-order chi connectivity index (χ1) is 11.3. The van der Waals surface area contributed by atoms with Gasteiger partial charge in [-0.15, -0.1) is 0 Å². The fourth-order valence-corrected chi connectivity index (χ4v) is 2.84. The largest absolute Gasteiger partial charge is 0.493 e. The summed E-state index contributed by atoms with van der Waals surface area (Å²) in [4.78, 5) is 12.3. The van der Waals surface area contributed by atoms with Crippen LogP contribution in [-0.4, -0.2) is 19.3 Å². The minimum absolute atomic E-state index is 0.0870. The summed E-state index contributed by atoms with van der Waals surface area (Å²) in [5.41, 5.74) is 2.74. The predicted molar refractivity (Wildman–Crippen MR) is 84.0 cm³/mol. The molecule has 5 nitrogen and oxygen atoms in total. The molecule has 23 heavy (non-hydrogen) atoms. The first-order valence-electron chi connectivity index (χ1n) is 7.72. The van der Waals surface area contributed by atoms with Crippen molar-refractivity contribution < 1.29 is 19.0 Å². The molecule has 5 heteroatoms. The molecule has 118 valence electrons. The molecule has 1 amide bonds. The second-order valence-corrected chi connectivity index (χ2v) is 5.64. The van der Waals surface area contributed by atoms with Gasteiger partial charge in [-0.1, -0.05) is 6.07 Å². The molecule has 0 aliphatic carbocycles. The second kappa shape index (κ2) is 5.83. The van der Waals surface area contributed by atoms with Crippen LogP contribution in [0.15, 0.2) is 36.4 Å². The number of carbonyl (C=O) groups is 1. The minimum atomic E-state index is -0.0870. The molecule has 0 spiro atoms. The van der Waals surface area contributed by atoms with Gasteiger partial charge in [-0.2, -0.15) is 0 Å². The van der Waals surface area contributed by atoms with Gasteiger partial charge in [0.15, 0.2) is 11.5 Å². The lowest BCUT2D eigenvalue weighted by atomic mass is 10.0. The molecule has 4 rings (SSSR count). The number of hydrogen-bond acceptors (Lipinski definition) is 4. The quantitative estimate of drug-likeness (QED) is 0.947. The molecule has 0 radical (unpaired) electrons. The average Bonchev–Trinajstić information content (AvgIpc) is 3.07. The van der Waals surface area contributed by atoms with E-state index in [1.54, 1.807) is 6.07 Å². The Morgan fingerprint density at radius 1 is 1.00 bits per heavy atom. The van der Waals surface area contributed by atoms with Crippen LogP contribution in [0.4, 0.5) is 0 Å². The summed E-state index contributed by atoms with van der Waals surface area (Å²) in [6.45, 7) is 1.45. The zero-order valence-corrected chi connectivity index (χ0v) is 12.6. The maximum Gasteiger partial charge on any atom is 0.251 e. The monoisotopic (exact) mass is 311 g/mol. The van der Waals surface area contributed by atoms with Crippen LogP contribution in [0.3, 0.4) is 0 Å². The Labute approximate surface area is 134 Å². The fourth-order valence-electron chi connectivity index (χ4n) is 2.84. The van der Waals surface area contributed by atoms with Gasteiger partial charge < -0.3 is 19.5 Å². The molecule has 2 aliphatic heterocycles.